The lowest BCUT2D eigenvalue weighted by Crippen LogP contribution is -2.05. The maximum absolute atomic E-state index is 5.96. The predicted molar refractivity (Wildman–Crippen MR) is 76.2 cm³/mol. The Kier molecular flexibility index (Phi) is 3.35. The van der Waals surface area contributed by atoms with Crippen LogP contribution < -0.4 is 10.5 Å². The van der Waals surface area contributed by atoms with E-state index in [0.717, 1.165) is 5.75 Å². The Labute approximate surface area is 109 Å². The molecule has 0 saturated heterocycles. The summed E-state index contributed by atoms with van der Waals surface area (Å²) in [5.41, 5.74) is 11.0. The van der Waals surface area contributed by atoms with Crippen LogP contribution in [0.15, 0.2) is 12.1 Å². The molecule has 2 rings (SSSR count). The smallest absolute Gasteiger partial charge is 0.119 e. The van der Waals surface area contributed by atoms with Gasteiger partial charge in [-0.2, -0.15) is 0 Å². The summed E-state index contributed by atoms with van der Waals surface area (Å²) < 4.78 is 7.64. The fraction of sp³-hybridized carbons (Fsp3) is 0.467. The number of rotatable bonds is 3. The molecule has 2 N–H and O–H groups in total. The molecule has 1 aromatic heterocycles. The highest BCUT2D eigenvalue weighted by molar-refractivity contribution is 5.89. The summed E-state index contributed by atoms with van der Waals surface area (Å²) in [6.45, 7) is 7.10. The van der Waals surface area contributed by atoms with E-state index >= 15 is 0 Å². The van der Waals surface area contributed by atoms with E-state index < -0.39 is 0 Å². The summed E-state index contributed by atoms with van der Waals surface area (Å²) in [6.07, 6.45) is 0. The lowest BCUT2D eigenvalue weighted by molar-refractivity contribution is 0.415. The summed E-state index contributed by atoms with van der Waals surface area (Å²) in [5, 5.41) is 1.22. The summed E-state index contributed by atoms with van der Waals surface area (Å²) in [7, 11) is 3.82. The van der Waals surface area contributed by atoms with E-state index in [4.69, 9.17) is 10.5 Å². The molecule has 18 heavy (non-hydrogen) atoms. The number of nitrogens with zero attached hydrogens (tertiary/aromatic N) is 1. The van der Waals surface area contributed by atoms with Crippen LogP contribution in [0, 0.1) is 6.92 Å². The second kappa shape index (κ2) is 4.65. The molecule has 0 radical (unpaired) electrons. The van der Waals surface area contributed by atoms with Crippen LogP contribution in [0.1, 0.15) is 36.6 Å². The van der Waals surface area contributed by atoms with Gasteiger partial charge in [-0.15, -0.1) is 0 Å². The van der Waals surface area contributed by atoms with Gasteiger partial charge in [0.25, 0.3) is 0 Å². The fourth-order valence-corrected chi connectivity index (χ4v) is 2.95. The van der Waals surface area contributed by atoms with Crippen molar-refractivity contribution in [1.82, 2.24) is 4.57 Å². The first kappa shape index (κ1) is 13.0. The molecule has 0 amide bonds. The molecule has 98 valence electrons. The normalized spacial score (nSPS) is 11.5. The molecule has 0 aliphatic carbocycles. The van der Waals surface area contributed by atoms with Gasteiger partial charge in [-0.1, -0.05) is 13.8 Å². The number of aromatic nitrogens is 1. The van der Waals surface area contributed by atoms with Gasteiger partial charge in [0.1, 0.15) is 5.75 Å². The van der Waals surface area contributed by atoms with E-state index in [0.29, 0.717) is 12.5 Å². The Morgan fingerprint density at radius 1 is 1.33 bits per heavy atom. The van der Waals surface area contributed by atoms with Crippen molar-refractivity contribution in [3.05, 3.63) is 29.0 Å². The van der Waals surface area contributed by atoms with Gasteiger partial charge in [0, 0.05) is 24.7 Å². The SMILES string of the molecule is COc1cc(C)c2c(c1)c(CN)c(C(C)C)n2C. The van der Waals surface area contributed by atoms with Gasteiger partial charge in [-0.3, -0.25) is 0 Å². The van der Waals surface area contributed by atoms with E-state index in [1.54, 1.807) is 7.11 Å². The van der Waals surface area contributed by atoms with Crippen LogP contribution in [-0.2, 0) is 13.6 Å². The third kappa shape index (κ3) is 1.79. The van der Waals surface area contributed by atoms with Crippen molar-refractivity contribution in [3.8, 4) is 5.75 Å². The van der Waals surface area contributed by atoms with Gasteiger partial charge in [0.05, 0.1) is 12.6 Å². The molecule has 0 aliphatic rings. The van der Waals surface area contributed by atoms with E-state index in [1.165, 1.54) is 27.7 Å². The van der Waals surface area contributed by atoms with Gasteiger partial charge in [0.15, 0.2) is 0 Å². The number of ether oxygens (including phenoxy) is 1. The molecule has 0 bridgehead atoms. The van der Waals surface area contributed by atoms with Crippen molar-refractivity contribution in [2.75, 3.05) is 7.11 Å². The van der Waals surface area contributed by atoms with E-state index in [-0.39, 0.29) is 0 Å². The zero-order valence-corrected chi connectivity index (χ0v) is 11.9. The molecule has 0 spiro atoms. The standard InChI is InChI=1S/C15H22N2O/c1-9(2)14-13(8-16)12-7-11(18-5)6-10(3)15(12)17(14)4/h6-7,9H,8,16H2,1-5H3. The Morgan fingerprint density at radius 2 is 2.00 bits per heavy atom. The average Bonchev–Trinajstić information content (AvgIpc) is 2.61. The molecule has 0 unspecified atom stereocenters. The van der Waals surface area contributed by atoms with E-state index in [1.807, 2.05) is 0 Å². The summed E-state index contributed by atoms with van der Waals surface area (Å²) in [5.74, 6) is 1.36. The van der Waals surface area contributed by atoms with E-state index in [9.17, 15) is 0 Å². The van der Waals surface area contributed by atoms with Gasteiger partial charge in [-0.25, -0.2) is 0 Å². The highest BCUT2D eigenvalue weighted by atomic mass is 16.5. The quantitative estimate of drug-likeness (QED) is 0.904. The minimum atomic E-state index is 0.464. The lowest BCUT2D eigenvalue weighted by atomic mass is 10.0. The average molecular weight is 246 g/mol. The molecule has 0 fully saturated rings. The first-order valence-electron chi connectivity index (χ1n) is 6.37. The van der Waals surface area contributed by atoms with Crippen LogP contribution in [0.2, 0.25) is 0 Å². The molecular weight excluding hydrogens is 224 g/mol. The van der Waals surface area contributed by atoms with Crippen molar-refractivity contribution in [1.29, 1.82) is 0 Å². The molecule has 0 atom stereocenters. The van der Waals surface area contributed by atoms with Crippen molar-refractivity contribution < 1.29 is 4.74 Å². The van der Waals surface area contributed by atoms with Gasteiger partial charge in [0.2, 0.25) is 0 Å². The van der Waals surface area contributed by atoms with Gasteiger partial charge >= 0.3 is 0 Å². The maximum atomic E-state index is 5.96. The van der Waals surface area contributed by atoms with Crippen molar-refractivity contribution in [3.63, 3.8) is 0 Å². The number of fused-ring (bicyclic) bond motifs is 1. The second-order valence-electron chi connectivity index (χ2n) is 5.12. The van der Waals surface area contributed by atoms with Crippen LogP contribution in [0.5, 0.6) is 5.75 Å². The second-order valence-corrected chi connectivity index (χ2v) is 5.12. The highest BCUT2D eigenvalue weighted by Crippen LogP contribution is 2.34. The number of hydrogen-bond acceptors (Lipinski definition) is 2. The van der Waals surface area contributed by atoms with Crippen LogP contribution in [0.3, 0.4) is 0 Å². The first-order chi connectivity index (χ1) is 8.51. The van der Waals surface area contributed by atoms with Crippen molar-refractivity contribution >= 4 is 10.9 Å². The number of nitrogens with two attached hydrogens (primary N) is 1. The monoisotopic (exact) mass is 246 g/mol. The Bertz CT molecular complexity index is 582. The summed E-state index contributed by atoms with van der Waals surface area (Å²) >= 11 is 0. The van der Waals surface area contributed by atoms with Crippen LogP contribution in [0.25, 0.3) is 10.9 Å². The molecule has 3 nitrogen and oxygen atoms in total. The van der Waals surface area contributed by atoms with Gasteiger partial charge < -0.3 is 15.0 Å². The van der Waals surface area contributed by atoms with Gasteiger partial charge in [-0.05, 0) is 36.1 Å². The first-order valence-corrected chi connectivity index (χ1v) is 6.37. The topological polar surface area (TPSA) is 40.2 Å². The van der Waals surface area contributed by atoms with Crippen LogP contribution in [-0.4, -0.2) is 11.7 Å². The number of aryl methyl sites for hydroxylation is 2. The predicted octanol–water partition coefficient (Wildman–Crippen LogP) is 3.08. The molecule has 1 aromatic carbocycles. The fourth-order valence-electron chi connectivity index (χ4n) is 2.95. The molecule has 2 aromatic rings. The zero-order valence-electron chi connectivity index (χ0n) is 11.9. The zero-order chi connectivity index (χ0) is 13.4. The third-order valence-corrected chi connectivity index (χ3v) is 3.59. The third-order valence-electron chi connectivity index (χ3n) is 3.59. The van der Waals surface area contributed by atoms with E-state index in [2.05, 4.69) is 44.5 Å². The minimum absolute atomic E-state index is 0.464. The highest BCUT2D eigenvalue weighted by Gasteiger charge is 2.18. The Morgan fingerprint density at radius 3 is 2.50 bits per heavy atom. The van der Waals surface area contributed by atoms with Crippen LogP contribution in [0.4, 0.5) is 0 Å². The number of hydrogen-bond donors (Lipinski definition) is 1. The largest absolute Gasteiger partial charge is 0.497 e. The molecule has 0 aliphatic heterocycles. The molecular formula is C15H22N2O. The number of benzene rings is 1. The van der Waals surface area contributed by atoms with Crippen molar-refractivity contribution in [2.45, 2.75) is 33.2 Å². The molecule has 1 heterocycles. The minimum Gasteiger partial charge on any atom is -0.497 e. The number of methoxy groups -OCH3 is 1. The van der Waals surface area contributed by atoms with Crippen molar-refractivity contribution in [2.24, 2.45) is 12.8 Å². The summed E-state index contributed by atoms with van der Waals surface area (Å²) in [4.78, 5) is 0. The van der Waals surface area contributed by atoms with Crippen LogP contribution >= 0.6 is 0 Å². The maximum Gasteiger partial charge on any atom is 0.119 e. The Balaban J connectivity index is 2.89. The Hall–Kier alpha value is -1.48. The lowest BCUT2D eigenvalue weighted by Gasteiger charge is -2.10. The summed E-state index contributed by atoms with van der Waals surface area (Å²) in [6, 6.07) is 4.17. The molecule has 3 heteroatoms. The molecule has 0 saturated carbocycles.